The van der Waals surface area contributed by atoms with Gasteiger partial charge in [-0.15, -0.1) is 0 Å². The van der Waals surface area contributed by atoms with Crippen molar-refractivity contribution in [3.05, 3.63) is 36.0 Å². The summed E-state index contributed by atoms with van der Waals surface area (Å²) in [6.07, 6.45) is 2.28. The molecule has 0 saturated carbocycles. The van der Waals surface area contributed by atoms with E-state index in [1.165, 1.54) is 7.05 Å². The van der Waals surface area contributed by atoms with Gasteiger partial charge in [-0.05, 0) is 18.1 Å². The molecule has 6 heteroatoms. The van der Waals surface area contributed by atoms with Crippen LogP contribution in [0.15, 0.2) is 30.5 Å². The van der Waals surface area contributed by atoms with E-state index >= 15 is 0 Å². The maximum Gasteiger partial charge on any atom is 0.239 e. The number of aromatic amines is 1. The van der Waals surface area contributed by atoms with Gasteiger partial charge in [0.1, 0.15) is 0 Å². The van der Waals surface area contributed by atoms with Crippen LogP contribution in [0.5, 0.6) is 0 Å². The molecular weight excluding hydrogens is 256 g/mol. The molecule has 0 aliphatic rings. The summed E-state index contributed by atoms with van der Waals surface area (Å²) in [7, 11) is 1.51. The second kappa shape index (κ2) is 6.21. The third kappa shape index (κ3) is 3.16. The summed E-state index contributed by atoms with van der Waals surface area (Å²) in [5.41, 5.74) is 7.87. The van der Waals surface area contributed by atoms with Gasteiger partial charge in [0, 0.05) is 24.1 Å². The Hall–Kier alpha value is -2.34. The van der Waals surface area contributed by atoms with E-state index in [0.717, 1.165) is 16.5 Å². The molecule has 6 nitrogen and oxygen atoms in total. The Morgan fingerprint density at radius 2 is 2.10 bits per heavy atom. The Morgan fingerprint density at radius 3 is 2.85 bits per heavy atom. The summed E-state index contributed by atoms with van der Waals surface area (Å²) in [6.45, 7) is -0.0586. The van der Waals surface area contributed by atoms with Crippen LogP contribution < -0.4 is 16.4 Å². The lowest BCUT2D eigenvalue weighted by atomic mass is 10.1. The number of amides is 2. The molecule has 5 N–H and O–H groups in total. The zero-order chi connectivity index (χ0) is 14.5. The van der Waals surface area contributed by atoms with Crippen molar-refractivity contribution in [1.29, 1.82) is 0 Å². The molecule has 0 aliphatic carbocycles. The summed E-state index contributed by atoms with van der Waals surface area (Å²) >= 11 is 0. The highest BCUT2D eigenvalue weighted by Crippen LogP contribution is 2.18. The van der Waals surface area contributed by atoms with E-state index in [-0.39, 0.29) is 18.4 Å². The molecule has 106 valence electrons. The van der Waals surface area contributed by atoms with Crippen molar-refractivity contribution in [1.82, 2.24) is 15.6 Å². The predicted molar refractivity (Wildman–Crippen MR) is 77.1 cm³/mol. The minimum Gasteiger partial charge on any atom is -0.361 e. The molecule has 1 heterocycles. The second-order valence-electron chi connectivity index (χ2n) is 4.56. The standard InChI is InChI=1S/C14H18N4O2/c1-16-13(19)8-18-14(20)11(15)6-9-7-17-12-5-3-2-4-10(9)12/h2-5,7,11,17H,6,8,15H2,1H3,(H,16,19)(H,18,20)/t11-/m1/s1. The van der Waals surface area contributed by atoms with Gasteiger partial charge in [-0.3, -0.25) is 9.59 Å². The number of para-hydroxylation sites is 1. The van der Waals surface area contributed by atoms with Gasteiger partial charge in [0.2, 0.25) is 11.8 Å². The first-order valence-electron chi connectivity index (χ1n) is 6.40. The Kier molecular flexibility index (Phi) is 4.37. The van der Waals surface area contributed by atoms with E-state index in [1.54, 1.807) is 0 Å². The van der Waals surface area contributed by atoms with Crippen LogP contribution in [0.2, 0.25) is 0 Å². The molecule has 0 saturated heterocycles. The minimum absolute atomic E-state index is 0.0586. The molecule has 0 bridgehead atoms. The van der Waals surface area contributed by atoms with Crippen LogP contribution in [0, 0.1) is 0 Å². The number of benzene rings is 1. The average molecular weight is 274 g/mol. The van der Waals surface area contributed by atoms with Crippen LogP contribution in [-0.2, 0) is 16.0 Å². The Bertz CT molecular complexity index is 620. The highest BCUT2D eigenvalue weighted by Gasteiger charge is 2.16. The van der Waals surface area contributed by atoms with Gasteiger partial charge in [-0.2, -0.15) is 0 Å². The fourth-order valence-corrected chi connectivity index (χ4v) is 2.02. The summed E-state index contributed by atoms with van der Waals surface area (Å²) in [5.74, 6) is -0.587. The number of rotatable bonds is 5. The van der Waals surface area contributed by atoms with Crippen LogP contribution >= 0.6 is 0 Å². The number of hydrogen-bond acceptors (Lipinski definition) is 3. The first-order chi connectivity index (χ1) is 9.61. The number of nitrogens with one attached hydrogen (secondary N) is 3. The molecule has 0 radical (unpaired) electrons. The number of likely N-dealkylation sites (N-methyl/N-ethyl adjacent to an activating group) is 1. The van der Waals surface area contributed by atoms with Crippen molar-refractivity contribution in [2.24, 2.45) is 5.73 Å². The highest BCUT2D eigenvalue weighted by molar-refractivity contribution is 5.88. The van der Waals surface area contributed by atoms with Crippen molar-refractivity contribution in [2.75, 3.05) is 13.6 Å². The maximum absolute atomic E-state index is 11.8. The molecule has 1 atom stereocenters. The summed E-state index contributed by atoms with van der Waals surface area (Å²) in [5, 5.41) is 5.99. The first kappa shape index (κ1) is 14.1. The Balaban J connectivity index is 1.98. The van der Waals surface area contributed by atoms with Crippen LogP contribution in [0.1, 0.15) is 5.56 Å². The second-order valence-corrected chi connectivity index (χ2v) is 4.56. The van der Waals surface area contributed by atoms with Crippen molar-refractivity contribution < 1.29 is 9.59 Å². The van der Waals surface area contributed by atoms with E-state index in [9.17, 15) is 9.59 Å². The van der Waals surface area contributed by atoms with Crippen LogP contribution in [0.4, 0.5) is 0 Å². The number of carbonyl (C=O) groups excluding carboxylic acids is 2. The van der Waals surface area contributed by atoms with E-state index in [2.05, 4.69) is 15.6 Å². The van der Waals surface area contributed by atoms with Gasteiger partial charge < -0.3 is 21.4 Å². The monoisotopic (exact) mass is 274 g/mol. The van der Waals surface area contributed by atoms with Crippen LogP contribution in [0.3, 0.4) is 0 Å². The largest absolute Gasteiger partial charge is 0.361 e. The number of carbonyl (C=O) groups is 2. The molecule has 1 aromatic carbocycles. The summed E-state index contributed by atoms with van der Waals surface area (Å²) in [4.78, 5) is 26.0. The zero-order valence-corrected chi connectivity index (χ0v) is 11.3. The molecular formula is C14H18N4O2. The maximum atomic E-state index is 11.8. The lowest BCUT2D eigenvalue weighted by Crippen LogP contribution is -2.45. The van der Waals surface area contributed by atoms with Gasteiger partial charge in [0.25, 0.3) is 0 Å². The number of aromatic nitrogens is 1. The average Bonchev–Trinajstić information content (AvgIpc) is 2.87. The predicted octanol–water partition coefficient (Wildman–Crippen LogP) is -0.100. The van der Waals surface area contributed by atoms with E-state index < -0.39 is 6.04 Å². The van der Waals surface area contributed by atoms with Crippen LogP contribution in [0.25, 0.3) is 10.9 Å². The van der Waals surface area contributed by atoms with Crippen molar-refractivity contribution >= 4 is 22.7 Å². The number of fused-ring (bicyclic) bond motifs is 1. The molecule has 1 aromatic heterocycles. The van der Waals surface area contributed by atoms with Crippen molar-refractivity contribution in [2.45, 2.75) is 12.5 Å². The quantitative estimate of drug-likeness (QED) is 0.612. The summed E-state index contributed by atoms with van der Waals surface area (Å²) < 4.78 is 0. The molecule has 0 fully saturated rings. The number of nitrogens with two attached hydrogens (primary N) is 1. The molecule has 2 aromatic rings. The van der Waals surface area contributed by atoms with Gasteiger partial charge in [-0.25, -0.2) is 0 Å². The summed E-state index contributed by atoms with van der Waals surface area (Å²) in [6, 6.07) is 7.15. The zero-order valence-electron chi connectivity index (χ0n) is 11.3. The minimum atomic E-state index is -0.682. The molecule has 0 spiro atoms. The third-order valence-corrected chi connectivity index (χ3v) is 3.15. The van der Waals surface area contributed by atoms with E-state index in [0.29, 0.717) is 6.42 Å². The fraction of sp³-hybridized carbons (Fsp3) is 0.286. The molecule has 0 unspecified atom stereocenters. The van der Waals surface area contributed by atoms with Crippen molar-refractivity contribution in [3.8, 4) is 0 Å². The molecule has 2 rings (SSSR count). The SMILES string of the molecule is CNC(=O)CNC(=O)[C@H](N)Cc1c[nH]c2ccccc12. The topological polar surface area (TPSA) is 100 Å². The Morgan fingerprint density at radius 1 is 1.35 bits per heavy atom. The van der Waals surface area contributed by atoms with Crippen LogP contribution in [-0.4, -0.2) is 36.4 Å². The van der Waals surface area contributed by atoms with Gasteiger partial charge in [0.05, 0.1) is 12.6 Å². The van der Waals surface area contributed by atoms with Gasteiger partial charge >= 0.3 is 0 Å². The van der Waals surface area contributed by atoms with Gasteiger partial charge in [-0.1, -0.05) is 18.2 Å². The highest BCUT2D eigenvalue weighted by atomic mass is 16.2. The van der Waals surface area contributed by atoms with E-state index in [4.69, 9.17) is 5.73 Å². The Labute approximate surface area is 116 Å². The van der Waals surface area contributed by atoms with E-state index in [1.807, 2.05) is 30.5 Å². The third-order valence-electron chi connectivity index (χ3n) is 3.15. The fourth-order valence-electron chi connectivity index (χ4n) is 2.02. The lowest BCUT2D eigenvalue weighted by Gasteiger charge is -2.11. The molecule has 0 aliphatic heterocycles. The number of hydrogen-bond donors (Lipinski definition) is 4. The lowest BCUT2D eigenvalue weighted by molar-refractivity contribution is -0.126. The molecule has 20 heavy (non-hydrogen) atoms. The molecule has 2 amide bonds. The van der Waals surface area contributed by atoms with Gasteiger partial charge in [0.15, 0.2) is 0 Å². The number of H-pyrrole nitrogens is 1. The van der Waals surface area contributed by atoms with Crippen molar-refractivity contribution in [3.63, 3.8) is 0 Å². The smallest absolute Gasteiger partial charge is 0.239 e. The first-order valence-corrected chi connectivity index (χ1v) is 6.40. The normalized spacial score (nSPS) is 12.1.